The zero-order valence-corrected chi connectivity index (χ0v) is 18.7. The van der Waals surface area contributed by atoms with Crippen LogP contribution in [0.3, 0.4) is 0 Å². The molecule has 0 fully saturated rings. The Morgan fingerprint density at radius 1 is 1.03 bits per heavy atom. The van der Waals surface area contributed by atoms with Crippen LogP contribution in [0.25, 0.3) is 16.8 Å². The highest BCUT2D eigenvalue weighted by Gasteiger charge is 2.16. The quantitative estimate of drug-likeness (QED) is 0.494. The summed E-state index contributed by atoms with van der Waals surface area (Å²) >= 11 is 0. The lowest BCUT2D eigenvalue weighted by Crippen LogP contribution is -2.27. The number of hydrogen-bond acceptors (Lipinski definition) is 5. The fourth-order valence-corrected chi connectivity index (χ4v) is 3.50. The van der Waals surface area contributed by atoms with E-state index in [9.17, 15) is 4.79 Å². The number of nitrogens with one attached hydrogen (secondary N) is 1. The van der Waals surface area contributed by atoms with Gasteiger partial charge in [0.2, 0.25) is 0 Å². The van der Waals surface area contributed by atoms with Crippen molar-refractivity contribution in [1.29, 1.82) is 0 Å². The minimum atomic E-state index is -0.179. The summed E-state index contributed by atoms with van der Waals surface area (Å²) < 4.78 is 1.68. The number of aromatic nitrogens is 5. The first kappa shape index (κ1) is 21.4. The van der Waals surface area contributed by atoms with E-state index in [0.717, 1.165) is 33.9 Å². The molecule has 0 bridgehead atoms. The van der Waals surface area contributed by atoms with Gasteiger partial charge in [-0.25, -0.2) is 0 Å². The van der Waals surface area contributed by atoms with Crippen LogP contribution in [-0.4, -0.2) is 31.1 Å². The predicted molar refractivity (Wildman–Crippen MR) is 124 cm³/mol. The maximum Gasteiger partial charge on any atom is 0.251 e. The molecular weight excluding hydrogens is 400 g/mol. The number of benzene rings is 2. The molecule has 0 saturated carbocycles. The second-order valence-electron chi connectivity index (χ2n) is 7.92. The summed E-state index contributed by atoms with van der Waals surface area (Å²) in [6.45, 7) is 7.94. The summed E-state index contributed by atoms with van der Waals surface area (Å²) in [4.78, 5) is 17.5. The average Bonchev–Trinajstić information content (AvgIpc) is 3.28. The fourth-order valence-electron chi connectivity index (χ4n) is 3.50. The van der Waals surface area contributed by atoms with Gasteiger partial charge < -0.3 is 5.32 Å². The Bertz CT molecular complexity index is 1230. The van der Waals surface area contributed by atoms with Crippen LogP contribution in [0.1, 0.15) is 52.9 Å². The second-order valence-corrected chi connectivity index (χ2v) is 7.92. The largest absolute Gasteiger partial charge is 0.345 e. The van der Waals surface area contributed by atoms with Crippen molar-refractivity contribution in [2.45, 2.75) is 40.2 Å². The molecular formula is C25H26N6O. The van der Waals surface area contributed by atoms with E-state index in [1.807, 2.05) is 51.1 Å². The highest BCUT2D eigenvalue weighted by atomic mass is 16.1. The molecule has 0 saturated heterocycles. The Hall–Kier alpha value is -3.87. The van der Waals surface area contributed by atoms with E-state index in [1.54, 1.807) is 10.9 Å². The maximum atomic E-state index is 13.2. The Morgan fingerprint density at radius 3 is 2.50 bits per heavy atom. The number of amides is 1. The average molecular weight is 427 g/mol. The van der Waals surface area contributed by atoms with Crippen LogP contribution >= 0.6 is 0 Å². The molecule has 2 aromatic carbocycles. The molecule has 7 nitrogen and oxygen atoms in total. The van der Waals surface area contributed by atoms with Crippen molar-refractivity contribution >= 4 is 5.91 Å². The highest BCUT2D eigenvalue weighted by Crippen LogP contribution is 2.25. The third-order valence-electron chi connectivity index (χ3n) is 5.44. The summed E-state index contributed by atoms with van der Waals surface area (Å²) in [6, 6.07) is 17.7. The molecule has 0 aliphatic carbocycles. The van der Waals surface area contributed by atoms with Crippen LogP contribution in [0, 0.1) is 13.8 Å². The van der Waals surface area contributed by atoms with Gasteiger partial charge in [0.15, 0.2) is 5.82 Å². The van der Waals surface area contributed by atoms with E-state index >= 15 is 0 Å². The number of carbonyl (C=O) groups excluding carboxylic acids is 1. The monoisotopic (exact) mass is 426 g/mol. The van der Waals surface area contributed by atoms with E-state index in [2.05, 4.69) is 57.0 Å². The lowest BCUT2D eigenvalue weighted by atomic mass is 10.00. The first-order valence-electron chi connectivity index (χ1n) is 10.7. The first-order valence-corrected chi connectivity index (χ1v) is 10.7. The van der Waals surface area contributed by atoms with Gasteiger partial charge in [-0.2, -0.15) is 4.68 Å². The third-order valence-corrected chi connectivity index (χ3v) is 5.44. The molecule has 1 amide bonds. The Labute approximate surface area is 187 Å². The van der Waals surface area contributed by atoms with Gasteiger partial charge in [-0.1, -0.05) is 42.8 Å². The Morgan fingerprint density at radius 2 is 1.81 bits per heavy atom. The van der Waals surface area contributed by atoms with Gasteiger partial charge in [-0.05, 0) is 72.2 Å². The molecule has 1 atom stereocenters. The molecule has 4 aromatic rings. The SMILES string of the molecule is CCc1nnnn1-c1cc(C(=O)NC(C)c2ccc(C)nc2)cc(-c2ccc(C)cc2)c1. The molecule has 1 N–H and O–H groups in total. The zero-order valence-electron chi connectivity index (χ0n) is 18.7. The Kier molecular flexibility index (Phi) is 6.07. The van der Waals surface area contributed by atoms with E-state index in [-0.39, 0.29) is 11.9 Å². The van der Waals surface area contributed by atoms with Crippen LogP contribution < -0.4 is 5.32 Å². The van der Waals surface area contributed by atoms with Crippen molar-refractivity contribution in [2.75, 3.05) is 0 Å². The smallest absolute Gasteiger partial charge is 0.251 e. The second kappa shape index (κ2) is 9.09. The van der Waals surface area contributed by atoms with Crippen molar-refractivity contribution in [1.82, 2.24) is 30.5 Å². The molecule has 162 valence electrons. The van der Waals surface area contributed by atoms with Gasteiger partial charge in [-0.3, -0.25) is 9.78 Å². The van der Waals surface area contributed by atoms with Gasteiger partial charge in [0.1, 0.15) is 0 Å². The molecule has 2 heterocycles. The zero-order chi connectivity index (χ0) is 22.7. The minimum Gasteiger partial charge on any atom is -0.345 e. The minimum absolute atomic E-state index is 0.167. The Balaban J connectivity index is 1.72. The third kappa shape index (κ3) is 4.56. The van der Waals surface area contributed by atoms with Gasteiger partial charge in [0.05, 0.1) is 11.7 Å². The number of nitrogens with zero attached hydrogens (tertiary/aromatic N) is 5. The summed E-state index contributed by atoms with van der Waals surface area (Å²) in [5.74, 6) is 0.566. The van der Waals surface area contributed by atoms with Gasteiger partial charge in [0.25, 0.3) is 5.91 Å². The van der Waals surface area contributed by atoms with Crippen LogP contribution in [0.5, 0.6) is 0 Å². The van der Waals surface area contributed by atoms with Crippen molar-refractivity contribution in [3.05, 3.63) is 89.0 Å². The molecule has 2 aromatic heterocycles. The standard InChI is InChI=1S/C25H26N6O/c1-5-24-28-29-30-31(24)23-13-21(19-9-6-16(2)7-10-19)12-22(14-23)25(32)27-18(4)20-11-8-17(3)26-15-20/h6-15,18H,5H2,1-4H3,(H,27,32). The molecule has 32 heavy (non-hydrogen) atoms. The van der Waals surface area contributed by atoms with E-state index in [4.69, 9.17) is 0 Å². The van der Waals surface area contributed by atoms with E-state index in [1.165, 1.54) is 5.56 Å². The lowest BCUT2D eigenvalue weighted by Gasteiger charge is -2.16. The number of rotatable bonds is 6. The number of hydrogen-bond donors (Lipinski definition) is 1. The lowest BCUT2D eigenvalue weighted by molar-refractivity contribution is 0.0940. The van der Waals surface area contributed by atoms with Gasteiger partial charge >= 0.3 is 0 Å². The normalized spacial score (nSPS) is 11.9. The highest BCUT2D eigenvalue weighted by molar-refractivity contribution is 5.96. The molecule has 0 radical (unpaired) electrons. The summed E-state index contributed by atoms with van der Waals surface area (Å²) in [7, 11) is 0. The van der Waals surface area contributed by atoms with Gasteiger partial charge in [0, 0.05) is 23.9 Å². The first-order chi connectivity index (χ1) is 15.4. The predicted octanol–water partition coefficient (Wildman–Crippen LogP) is 4.39. The number of tetrazole rings is 1. The maximum absolute atomic E-state index is 13.2. The number of aryl methyl sites for hydroxylation is 3. The van der Waals surface area contributed by atoms with Crippen molar-refractivity contribution < 1.29 is 4.79 Å². The van der Waals surface area contributed by atoms with Crippen molar-refractivity contribution in [3.63, 3.8) is 0 Å². The van der Waals surface area contributed by atoms with E-state index < -0.39 is 0 Å². The summed E-state index contributed by atoms with van der Waals surface area (Å²) in [6.07, 6.45) is 2.48. The molecule has 4 rings (SSSR count). The fraction of sp³-hybridized carbons (Fsp3) is 0.240. The summed E-state index contributed by atoms with van der Waals surface area (Å²) in [5.41, 5.74) is 6.31. The van der Waals surface area contributed by atoms with Crippen LogP contribution in [0.15, 0.2) is 60.8 Å². The van der Waals surface area contributed by atoms with Crippen LogP contribution in [0.2, 0.25) is 0 Å². The topological polar surface area (TPSA) is 85.6 Å². The number of carbonyl (C=O) groups is 1. The van der Waals surface area contributed by atoms with Crippen LogP contribution in [0.4, 0.5) is 0 Å². The molecule has 0 aliphatic rings. The molecule has 0 aliphatic heterocycles. The van der Waals surface area contributed by atoms with Crippen LogP contribution in [-0.2, 0) is 6.42 Å². The van der Waals surface area contributed by atoms with E-state index in [0.29, 0.717) is 12.0 Å². The van der Waals surface area contributed by atoms with Crippen molar-refractivity contribution in [3.8, 4) is 16.8 Å². The molecule has 1 unspecified atom stereocenters. The molecule has 7 heteroatoms. The number of pyridine rings is 1. The van der Waals surface area contributed by atoms with Gasteiger partial charge in [-0.15, -0.1) is 5.10 Å². The van der Waals surface area contributed by atoms with Crippen molar-refractivity contribution in [2.24, 2.45) is 0 Å². The summed E-state index contributed by atoms with van der Waals surface area (Å²) in [5, 5.41) is 15.1. The molecule has 0 spiro atoms.